The van der Waals surface area contributed by atoms with Gasteiger partial charge in [-0.1, -0.05) is 26.0 Å². The maximum atomic E-state index is 13.2. The van der Waals surface area contributed by atoms with Gasteiger partial charge in [-0.05, 0) is 25.0 Å². The van der Waals surface area contributed by atoms with Crippen LogP contribution in [0.3, 0.4) is 0 Å². The van der Waals surface area contributed by atoms with Crippen molar-refractivity contribution < 1.29 is 31.3 Å². The summed E-state index contributed by atoms with van der Waals surface area (Å²) in [6, 6.07) is 3.85. The Morgan fingerprint density at radius 2 is 1.75 bits per heavy atom. The summed E-state index contributed by atoms with van der Waals surface area (Å²) in [4.78, 5) is 12.4. The van der Waals surface area contributed by atoms with Crippen molar-refractivity contribution in [2.24, 2.45) is 5.92 Å². The third-order valence-electron chi connectivity index (χ3n) is 4.87. The van der Waals surface area contributed by atoms with E-state index >= 15 is 0 Å². The molecular weight excluding hydrogens is 395 g/mol. The molecule has 1 atom stereocenters. The van der Waals surface area contributed by atoms with Crippen LogP contribution in [0.5, 0.6) is 0 Å². The molecule has 158 valence electrons. The minimum atomic E-state index is -4.75. The van der Waals surface area contributed by atoms with E-state index < -0.39 is 26.7 Å². The number of hydrogen-bond acceptors (Lipinski definition) is 3. The fourth-order valence-electron chi connectivity index (χ4n) is 3.15. The van der Waals surface area contributed by atoms with Gasteiger partial charge in [0.2, 0.25) is 10.0 Å². The number of rotatable bonds is 6. The molecule has 0 unspecified atom stereocenters. The van der Waals surface area contributed by atoms with Gasteiger partial charge in [-0.15, -0.1) is 0 Å². The van der Waals surface area contributed by atoms with Crippen LogP contribution in [0.25, 0.3) is 0 Å². The van der Waals surface area contributed by atoms with Crippen LogP contribution in [0.1, 0.15) is 26.3 Å². The van der Waals surface area contributed by atoms with Crippen molar-refractivity contribution in [3.05, 3.63) is 29.8 Å². The molecule has 1 saturated heterocycles. The van der Waals surface area contributed by atoms with Gasteiger partial charge in [0.15, 0.2) is 6.04 Å². The van der Waals surface area contributed by atoms with E-state index in [9.17, 15) is 26.4 Å². The third kappa shape index (κ3) is 5.24. The van der Waals surface area contributed by atoms with Crippen molar-refractivity contribution >= 4 is 15.9 Å². The largest absolute Gasteiger partial charge is 0.417 e. The first-order valence-corrected chi connectivity index (χ1v) is 10.7. The first-order valence-electron chi connectivity index (χ1n) is 9.23. The van der Waals surface area contributed by atoms with Gasteiger partial charge in [-0.25, -0.2) is 8.42 Å². The van der Waals surface area contributed by atoms with Gasteiger partial charge >= 0.3 is 6.18 Å². The number of carbonyl (C=O) groups is 1. The number of quaternary nitrogens is 1. The number of halogens is 3. The summed E-state index contributed by atoms with van der Waals surface area (Å²) in [5.41, 5.74) is -1.16. The standard InChI is InChI=1S/C18H26F3N3O3S/c1-13(2)12-22-17(25)14(3)23-8-10-24(11-9-23)28(26,27)16-7-5-4-6-15(16)18(19,20)21/h4-7,13-14H,8-12H2,1-3H3,(H,22,25)/p+1/t14-/m0/s1. The van der Waals surface area contributed by atoms with Crippen LogP contribution in [0.15, 0.2) is 29.2 Å². The van der Waals surface area contributed by atoms with Crippen LogP contribution in [0.4, 0.5) is 13.2 Å². The summed E-state index contributed by atoms with van der Waals surface area (Å²) in [5, 5.41) is 2.85. The molecule has 1 aromatic rings. The van der Waals surface area contributed by atoms with E-state index in [0.29, 0.717) is 25.6 Å². The molecule has 1 heterocycles. The Bertz CT molecular complexity index is 789. The zero-order chi connectivity index (χ0) is 21.1. The molecule has 2 rings (SSSR count). The monoisotopic (exact) mass is 422 g/mol. The van der Waals surface area contributed by atoms with E-state index in [4.69, 9.17) is 0 Å². The molecule has 1 aromatic carbocycles. The van der Waals surface area contributed by atoms with Crippen molar-refractivity contribution in [2.45, 2.75) is 37.9 Å². The summed E-state index contributed by atoms with van der Waals surface area (Å²) < 4.78 is 66.2. The summed E-state index contributed by atoms with van der Waals surface area (Å²) in [6.07, 6.45) is -4.75. The second-order valence-electron chi connectivity index (χ2n) is 7.42. The van der Waals surface area contributed by atoms with E-state index in [1.54, 1.807) is 6.92 Å². The van der Waals surface area contributed by atoms with E-state index in [-0.39, 0.29) is 25.0 Å². The van der Waals surface area contributed by atoms with E-state index in [2.05, 4.69) is 5.32 Å². The maximum absolute atomic E-state index is 13.2. The number of nitrogens with one attached hydrogen (secondary N) is 2. The highest BCUT2D eigenvalue weighted by atomic mass is 32.2. The highest BCUT2D eigenvalue weighted by Crippen LogP contribution is 2.35. The molecule has 6 nitrogen and oxygen atoms in total. The number of hydrogen-bond donors (Lipinski definition) is 2. The Balaban J connectivity index is 2.08. The predicted octanol–water partition coefficient (Wildman–Crippen LogP) is 0.755. The summed E-state index contributed by atoms with van der Waals surface area (Å²) in [7, 11) is -4.27. The van der Waals surface area contributed by atoms with Crippen molar-refractivity contribution in [1.82, 2.24) is 9.62 Å². The summed E-state index contributed by atoms with van der Waals surface area (Å²) >= 11 is 0. The highest BCUT2D eigenvalue weighted by molar-refractivity contribution is 7.89. The number of benzene rings is 1. The quantitative estimate of drug-likeness (QED) is 0.711. The van der Waals surface area contributed by atoms with E-state index in [0.717, 1.165) is 21.3 Å². The third-order valence-corrected chi connectivity index (χ3v) is 6.82. The molecular formula is C18H27F3N3O3S+. The molecule has 0 aliphatic carbocycles. The highest BCUT2D eigenvalue weighted by Gasteiger charge is 2.40. The van der Waals surface area contributed by atoms with Gasteiger partial charge in [0.1, 0.15) is 0 Å². The van der Waals surface area contributed by atoms with Crippen molar-refractivity contribution in [1.29, 1.82) is 0 Å². The SMILES string of the molecule is CC(C)CNC(=O)[C@H](C)[NH+]1CCN(S(=O)(=O)c2ccccc2C(F)(F)F)CC1. The lowest BCUT2D eigenvalue weighted by Gasteiger charge is -2.34. The number of alkyl halides is 3. The van der Waals surface area contributed by atoms with Crippen LogP contribution < -0.4 is 10.2 Å². The van der Waals surface area contributed by atoms with Gasteiger partial charge in [-0.2, -0.15) is 17.5 Å². The fourth-order valence-corrected chi connectivity index (χ4v) is 4.81. The number of carbonyl (C=O) groups excluding carboxylic acids is 1. The van der Waals surface area contributed by atoms with Crippen LogP contribution in [-0.2, 0) is 21.0 Å². The Hall–Kier alpha value is -1.65. The van der Waals surface area contributed by atoms with Crippen molar-refractivity contribution in [3.8, 4) is 0 Å². The Morgan fingerprint density at radius 1 is 1.18 bits per heavy atom. The molecule has 1 aliphatic rings. The lowest BCUT2D eigenvalue weighted by Crippen LogP contribution is -3.19. The maximum Gasteiger partial charge on any atom is 0.417 e. The lowest BCUT2D eigenvalue weighted by molar-refractivity contribution is -0.917. The molecule has 0 bridgehead atoms. The zero-order valence-corrected chi connectivity index (χ0v) is 17.0. The van der Waals surface area contributed by atoms with Crippen LogP contribution in [-0.4, -0.2) is 57.4 Å². The smallest absolute Gasteiger partial charge is 0.351 e. The fraction of sp³-hybridized carbons (Fsp3) is 0.611. The van der Waals surface area contributed by atoms with Gasteiger partial charge in [0.25, 0.3) is 5.91 Å². The van der Waals surface area contributed by atoms with Gasteiger partial charge in [0, 0.05) is 6.54 Å². The van der Waals surface area contributed by atoms with Gasteiger partial charge in [-0.3, -0.25) is 4.79 Å². The van der Waals surface area contributed by atoms with E-state index in [1.165, 1.54) is 12.1 Å². The predicted molar refractivity (Wildman–Crippen MR) is 98.2 cm³/mol. The average molecular weight is 422 g/mol. The molecule has 1 fully saturated rings. The molecule has 2 N–H and O–H groups in total. The molecule has 0 aromatic heterocycles. The number of sulfonamides is 1. The van der Waals surface area contributed by atoms with Crippen LogP contribution >= 0.6 is 0 Å². The van der Waals surface area contributed by atoms with Gasteiger partial charge < -0.3 is 10.2 Å². The van der Waals surface area contributed by atoms with E-state index in [1.807, 2.05) is 13.8 Å². The Morgan fingerprint density at radius 3 is 2.29 bits per heavy atom. The Kier molecular flexibility index (Phi) is 7.11. The molecule has 0 radical (unpaired) electrons. The molecule has 1 amide bonds. The number of amides is 1. The van der Waals surface area contributed by atoms with Crippen LogP contribution in [0.2, 0.25) is 0 Å². The minimum absolute atomic E-state index is 0.0612. The number of piperazine rings is 1. The van der Waals surface area contributed by atoms with Crippen molar-refractivity contribution in [2.75, 3.05) is 32.7 Å². The topological polar surface area (TPSA) is 70.9 Å². The second-order valence-corrected chi connectivity index (χ2v) is 9.32. The molecule has 0 saturated carbocycles. The molecule has 1 aliphatic heterocycles. The second kappa shape index (κ2) is 8.79. The molecule has 10 heteroatoms. The minimum Gasteiger partial charge on any atom is -0.351 e. The summed E-state index contributed by atoms with van der Waals surface area (Å²) in [6.45, 7) is 7.13. The number of nitrogens with zero attached hydrogens (tertiary/aromatic N) is 1. The normalized spacial score (nSPS) is 18.2. The first-order chi connectivity index (χ1) is 12.9. The molecule has 28 heavy (non-hydrogen) atoms. The molecule has 0 spiro atoms. The Labute approximate surface area is 163 Å². The lowest BCUT2D eigenvalue weighted by atomic mass is 10.2. The van der Waals surface area contributed by atoms with Crippen molar-refractivity contribution in [3.63, 3.8) is 0 Å². The summed E-state index contributed by atoms with van der Waals surface area (Å²) in [5.74, 6) is 0.212. The van der Waals surface area contributed by atoms with Gasteiger partial charge in [0.05, 0.1) is 36.6 Å². The average Bonchev–Trinajstić information content (AvgIpc) is 2.65. The zero-order valence-electron chi connectivity index (χ0n) is 16.2. The first kappa shape index (κ1) is 22.6. The van der Waals surface area contributed by atoms with Crippen LogP contribution in [0, 0.1) is 5.92 Å².